The van der Waals surface area contributed by atoms with Gasteiger partial charge < -0.3 is 14.2 Å². The summed E-state index contributed by atoms with van der Waals surface area (Å²) >= 11 is 0. The number of para-hydroxylation sites is 1. The van der Waals surface area contributed by atoms with E-state index in [-0.39, 0.29) is 23.3 Å². The van der Waals surface area contributed by atoms with Crippen molar-refractivity contribution in [3.8, 4) is 17.2 Å². The second-order valence-electron chi connectivity index (χ2n) is 7.49. The maximum Gasteiger partial charge on any atom is 0.387 e. The van der Waals surface area contributed by atoms with Crippen LogP contribution in [-0.4, -0.2) is 13.2 Å². The van der Waals surface area contributed by atoms with Crippen LogP contribution in [0.3, 0.4) is 0 Å². The highest BCUT2D eigenvalue weighted by atomic mass is 19.3. The Bertz CT molecular complexity index is 944. The van der Waals surface area contributed by atoms with Crippen LogP contribution in [0.25, 0.3) is 0 Å². The predicted octanol–water partition coefficient (Wildman–Crippen LogP) is 7.18. The first kappa shape index (κ1) is 22.7. The fourth-order valence-electron chi connectivity index (χ4n) is 3.21. The van der Waals surface area contributed by atoms with Crippen molar-refractivity contribution in [1.29, 1.82) is 0 Å². The molecular formula is C25H25F3O3. The molecule has 164 valence electrons. The second-order valence-corrected chi connectivity index (χ2v) is 7.49. The van der Waals surface area contributed by atoms with E-state index in [9.17, 15) is 13.2 Å². The molecule has 31 heavy (non-hydrogen) atoms. The van der Waals surface area contributed by atoms with Crippen molar-refractivity contribution >= 4 is 0 Å². The van der Waals surface area contributed by atoms with Crippen molar-refractivity contribution in [1.82, 2.24) is 0 Å². The minimum atomic E-state index is -2.85. The molecule has 0 saturated heterocycles. The van der Waals surface area contributed by atoms with Gasteiger partial charge in [-0.1, -0.05) is 50.2 Å². The second kappa shape index (κ2) is 10.9. The Morgan fingerprint density at radius 3 is 2.19 bits per heavy atom. The van der Waals surface area contributed by atoms with Crippen molar-refractivity contribution < 1.29 is 27.4 Å². The summed E-state index contributed by atoms with van der Waals surface area (Å²) in [7, 11) is 0. The molecular weight excluding hydrogens is 405 g/mol. The van der Waals surface area contributed by atoms with Gasteiger partial charge in [-0.25, -0.2) is 4.39 Å². The molecule has 0 aliphatic carbocycles. The molecule has 0 amide bonds. The smallest absolute Gasteiger partial charge is 0.387 e. The molecule has 6 heteroatoms. The summed E-state index contributed by atoms with van der Waals surface area (Å²) in [4.78, 5) is 0. The molecule has 0 aliphatic heterocycles. The van der Waals surface area contributed by atoms with Crippen LogP contribution in [0.5, 0.6) is 17.2 Å². The number of hydrogen-bond acceptors (Lipinski definition) is 3. The average molecular weight is 430 g/mol. The fourth-order valence-corrected chi connectivity index (χ4v) is 3.21. The van der Waals surface area contributed by atoms with Crippen LogP contribution in [0.1, 0.15) is 30.9 Å². The summed E-state index contributed by atoms with van der Waals surface area (Å²) in [5.41, 5.74) is 1.76. The molecule has 0 radical (unpaired) electrons. The van der Waals surface area contributed by atoms with Gasteiger partial charge in [0, 0.05) is 5.92 Å². The Morgan fingerprint density at radius 1 is 0.839 bits per heavy atom. The van der Waals surface area contributed by atoms with Crippen LogP contribution in [0.4, 0.5) is 13.2 Å². The van der Waals surface area contributed by atoms with E-state index in [1.54, 1.807) is 36.4 Å². The predicted molar refractivity (Wildman–Crippen MR) is 113 cm³/mol. The minimum absolute atomic E-state index is 0.0705. The molecule has 0 saturated carbocycles. The Labute approximate surface area is 180 Å². The molecule has 1 atom stereocenters. The molecule has 0 aromatic heterocycles. The number of rotatable bonds is 10. The van der Waals surface area contributed by atoms with Gasteiger partial charge >= 0.3 is 6.61 Å². The lowest BCUT2D eigenvalue weighted by Crippen LogP contribution is -2.14. The Hall–Kier alpha value is -2.99. The molecule has 1 unspecified atom stereocenters. The number of ether oxygens (including phenoxy) is 3. The Kier molecular flexibility index (Phi) is 7.95. The third kappa shape index (κ3) is 6.76. The molecule has 0 heterocycles. The van der Waals surface area contributed by atoms with E-state index in [0.29, 0.717) is 19.0 Å². The minimum Gasteiger partial charge on any atom is -0.454 e. The van der Waals surface area contributed by atoms with E-state index in [4.69, 9.17) is 9.47 Å². The van der Waals surface area contributed by atoms with Crippen molar-refractivity contribution in [2.45, 2.75) is 33.0 Å². The van der Waals surface area contributed by atoms with E-state index in [1.807, 2.05) is 18.2 Å². The van der Waals surface area contributed by atoms with Gasteiger partial charge in [-0.05, 0) is 53.4 Å². The zero-order chi connectivity index (χ0) is 22.2. The first-order valence-electron chi connectivity index (χ1n) is 10.1. The summed E-state index contributed by atoms with van der Waals surface area (Å²) in [6.45, 7) is 2.02. The molecule has 0 aliphatic rings. The van der Waals surface area contributed by atoms with Gasteiger partial charge in [0.2, 0.25) is 0 Å². The highest BCUT2D eigenvalue weighted by molar-refractivity contribution is 5.35. The quantitative estimate of drug-likeness (QED) is 0.341. The van der Waals surface area contributed by atoms with Crippen molar-refractivity contribution in [2.75, 3.05) is 6.61 Å². The number of halogens is 3. The summed E-state index contributed by atoms with van der Waals surface area (Å²) in [5.74, 6) is 0.715. The van der Waals surface area contributed by atoms with Crippen molar-refractivity contribution in [3.63, 3.8) is 0 Å². The Balaban J connectivity index is 1.61. The van der Waals surface area contributed by atoms with Gasteiger partial charge in [0.05, 0.1) is 13.2 Å². The van der Waals surface area contributed by atoms with Gasteiger partial charge in [0.25, 0.3) is 0 Å². The van der Waals surface area contributed by atoms with Crippen molar-refractivity contribution in [3.05, 3.63) is 89.7 Å². The third-order valence-corrected chi connectivity index (χ3v) is 4.87. The van der Waals surface area contributed by atoms with E-state index in [1.165, 1.54) is 18.2 Å². The van der Waals surface area contributed by atoms with Gasteiger partial charge in [-0.2, -0.15) is 8.78 Å². The maximum atomic E-state index is 14.1. The Morgan fingerprint density at radius 2 is 1.55 bits per heavy atom. The molecule has 3 aromatic rings. The number of hydrogen-bond donors (Lipinski definition) is 0. The van der Waals surface area contributed by atoms with Crippen LogP contribution < -0.4 is 9.47 Å². The van der Waals surface area contributed by atoms with E-state index < -0.39 is 12.4 Å². The molecule has 3 aromatic carbocycles. The van der Waals surface area contributed by atoms with E-state index >= 15 is 0 Å². The first-order chi connectivity index (χ1) is 14.9. The van der Waals surface area contributed by atoms with Crippen LogP contribution in [0.15, 0.2) is 72.8 Å². The van der Waals surface area contributed by atoms with Crippen LogP contribution in [-0.2, 0) is 11.3 Å². The van der Waals surface area contributed by atoms with Crippen molar-refractivity contribution in [2.24, 2.45) is 5.92 Å². The SMILES string of the molecule is CC(C)C(COCc1ccc(F)c(Oc2ccccc2)c1)c1ccc(OC(F)F)cc1. The van der Waals surface area contributed by atoms with Gasteiger partial charge in [-0.3, -0.25) is 0 Å². The molecule has 0 bridgehead atoms. The molecule has 3 rings (SSSR count). The molecule has 3 nitrogen and oxygen atoms in total. The molecule has 0 spiro atoms. The van der Waals surface area contributed by atoms with Crippen LogP contribution in [0.2, 0.25) is 0 Å². The third-order valence-electron chi connectivity index (χ3n) is 4.87. The fraction of sp³-hybridized carbons (Fsp3) is 0.280. The largest absolute Gasteiger partial charge is 0.454 e. The highest BCUT2D eigenvalue weighted by Crippen LogP contribution is 2.29. The number of benzene rings is 3. The van der Waals surface area contributed by atoms with E-state index in [0.717, 1.165) is 11.1 Å². The van der Waals surface area contributed by atoms with Gasteiger partial charge in [0.1, 0.15) is 11.5 Å². The van der Waals surface area contributed by atoms with Gasteiger partial charge in [0.15, 0.2) is 11.6 Å². The highest BCUT2D eigenvalue weighted by Gasteiger charge is 2.17. The topological polar surface area (TPSA) is 27.7 Å². The molecule has 0 N–H and O–H groups in total. The zero-order valence-corrected chi connectivity index (χ0v) is 17.4. The average Bonchev–Trinajstić information content (AvgIpc) is 2.74. The van der Waals surface area contributed by atoms with Crippen LogP contribution in [0, 0.1) is 11.7 Å². The molecule has 0 fully saturated rings. The summed E-state index contributed by atoms with van der Waals surface area (Å²) in [6, 6.07) is 20.3. The lowest BCUT2D eigenvalue weighted by Gasteiger charge is -2.22. The zero-order valence-electron chi connectivity index (χ0n) is 17.4. The number of alkyl halides is 2. The maximum absolute atomic E-state index is 14.1. The van der Waals surface area contributed by atoms with Crippen LogP contribution >= 0.6 is 0 Å². The first-order valence-corrected chi connectivity index (χ1v) is 10.1. The van der Waals surface area contributed by atoms with E-state index in [2.05, 4.69) is 18.6 Å². The summed E-state index contributed by atoms with van der Waals surface area (Å²) in [5, 5.41) is 0. The summed E-state index contributed by atoms with van der Waals surface area (Å²) < 4.78 is 54.7. The monoisotopic (exact) mass is 430 g/mol. The van der Waals surface area contributed by atoms with Gasteiger partial charge in [-0.15, -0.1) is 0 Å². The lowest BCUT2D eigenvalue weighted by molar-refractivity contribution is -0.0498. The summed E-state index contributed by atoms with van der Waals surface area (Å²) in [6.07, 6.45) is 0. The lowest BCUT2D eigenvalue weighted by atomic mass is 9.89. The standard InChI is InChI=1S/C25H25F3O3/c1-17(2)22(19-9-11-21(12-10-19)31-25(27)28)16-29-15-18-8-13-23(26)24(14-18)30-20-6-4-3-5-7-20/h3-14,17,22,25H,15-16H2,1-2H3. The normalized spacial score (nSPS) is 12.2.